The molecule has 2 rings (SSSR count). The molecule has 0 bridgehead atoms. The monoisotopic (exact) mass is 253 g/mol. The number of hydrogen-bond donors (Lipinski definition) is 2. The summed E-state index contributed by atoms with van der Waals surface area (Å²) < 4.78 is 4.76. The molecule has 1 aliphatic rings. The standard InChI is InChI=1S/C10H15N5O3/c1-7-13-8(14-18-7)6-12-9(16)10(17)15-4-2-11-3-5-15/h11H,2-6H2,1H3,(H,12,16). The summed E-state index contributed by atoms with van der Waals surface area (Å²) in [5.41, 5.74) is 0. The van der Waals surface area contributed by atoms with Crippen LogP contribution in [0.2, 0.25) is 0 Å². The number of carbonyl (C=O) groups excluding carboxylic acids is 2. The lowest BCUT2D eigenvalue weighted by Crippen LogP contribution is -2.51. The van der Waals surface area contributed by atoms with E-state index in [-0.39, 0.29) is 6.54 Å². The molecule has 1 saturated heterocycles. The summed E-state index contributed by atoms with van der Waals surface area (Å²) in [5, 5.41) is 9.21. The number of nitrogens with zero attached hydrogens (tertiary/aromatic N) is 3. The molecule has 2 N–H and O–H groups in total. The van der Waals surface area contributed by atoms with E-state index < -0.39 is 11.8 Å². The number of hydrogen-bond acceptors (Lipinski definition) is 6. The fourth-order valence-electron chi connectivity index (χ4n) is 1.66. The van der Waals surface area contributed by atoms with Gasteiger partial charge < -0.3 is 20.1 Å². The Balaban J connectivity index is 1.81. The lowest BCUT2D eigenvalue weighted by molar-refractivity contribution is -0.146. The summed E-state index contributed by atoms with van der Waals surface area (Å²) in [6, 6.07) is 0. The molecular formula is C10H15N5O3. The molecule has 0 unspecified atom stereocenters. The highest BCUT2D eigenvalue weighted by Gasteiger charge is 2.23. The Morgan fingerprint density at radius 2 is 2.17 bits per heavy atom. The molecule has 18 heavy (non-hydrogen) atoms. The van der Waals surface area contributed by atoms with Gasteiger partial charge in [0.2, 0.25) is 5.89 Å². The van der Waals surface area contributed by atoms with Crippen LogP contribution < -0.4 is 10.6 Å². The van der Waals surface area contributed by atoms with Crippen molar-refractivity contribution < 1.29 is 14.1 Å². The Kier molecular flexibility index (Phi) is 3.88. The molecule has 8 heteroatoms. The Hall–Kier alpha value is -1.96. The van der Waals surface area contributed by atoms with Crippen LogP contribution in [0.3, 0.4) is 0 Å². The normalized spacial score (nSPS) is 15.5. The largest absolute Gasteiger partial charge is 0.340 e. The maximum atomic E-state index is 11.7. The predicted molar refractivity (Wildman–Crippen MR) is 60.3 cm³/mol. The highest BCUT2D eigenvalue weighted by molar-refractivity contribution is 6.34. The highest BCUT2D eigenvalue weighted by atomic mass is 16.5. The van der Waals surface area contributed by atoms with Crippen LogP contribution in [-0.4, -0.2) is 53.0 Å². The van der Waals surface area contributed by atoms with Crippen LogP contribution in [0.4, 0.5) is 0 Å². The molecule has 1 aromatic rings. The molecule has 1 aromatic heterocycles. The Bertz CT molecular complexity index is 438. The molecule has 1 aliphatic heterocycles. The molecule has 2 heterocycles. The summed E-state index contributed by atoms with van der Waals surface area (Å²) in [4.78, 5) is 28.8. The first-order chi connectivity index (χ1) is 8.66. The van der Waals surface area contributed by atoms with Gasteiger partial charge in [-0.1, -0.05) is 5.16 Å². The fraction of sp³-hybridized carbons (Fsp3) is 0.600. The lowest BCUT2D eigenvalue weighted by Gasteiger charge is -2.26. The van der Waals surface area contributed by atoms with Crippen LogP contribution in [0, 0.1) is 6.92 Å². The van der Waals surface area contributed by atoms with Crippen LogP contribution in [0.25, 0.3) is 0 Å². The van der Waals surface area contributed by atoms with Gasteiger partial charge in [-0.25, -0.2) is 0 Å². The number of amides is 2. The van der Waals surface area contributed by atoms with Gasteiger partial charge in [0, 0.05) is 33.1 Å². The SMILES string of the molecule is Cc1nc(CNC(=O)C(=O)N2CCNCC2)no1. The number of carbonyl (C=O) groups is 2. The van der Waals surface area contributed by atoms with Crippen molar-refractivity contribution in [2.45, 2.75) is 13.5 Å². The summed E-state index contributed by atoms with van der Waals surface area (Å²) in [7, 11) is 0. The van der Waals surface area contributed by atoms with E-state index in [4.69, 9.17) is 4.52 Å². The number of rotatable bonds is 2. The molecule has 1 fully saturated rings. The van der Waals surface area contributed by atoms with Crippen LogP contribution in [0.1, 0.15) is 11.7 Å². The molecule has 0 atom stereocenters. The summed E-state index contributed by atoms with van der Waals surface area (Å²) >= 11 is 0. The van der Waals surface area contributed by atoms with E-state index in [1.54, 1.807) is 6.92 Å². The van der Waals surface area contributed by atoms with Gasteiger partial charge in [-0.15, -0.1) is 0 Å². The van der Waals surface area contributed by atoms with Gasteiger partial charge in [-0.2, -0.15) is 4.98 Å². The first-order valence-corrected chi connectivity index (χ1v) is 5.74. The minimum Gasteiger partial charge on any atom is -0.340 e. The first-order valence-electron chi connectivity index (χ1n) is 5.74. The second-order valence-electron chi connectivity index (χ2n) is 3.95. The van der Waals surface area contributed by atoms with Crippen molar-refractivity contribution in [1.82, 2.24) is 25.7 Å². The van der Waals surface area contributed by atoms with Gasteiger partial charge in [0.1, 0.15) is 0 Å². The van der Waals surface area contributed by atoms with Crippen molar-refractivity contribution in [2.24, 2.45) is 0 Å². The van der Waals surface area contributed by atoms with Crippen molar-refractivity contribution in [1.29, 1.82) is 0 Å². The third kappa shape index (κ3) is 3.04. The smallest absolute Gasteiger partial charge is 0.311 e. The molecular weight excluding hydrogens is 238 g/mol. The number of nitrogens with one attached hydrogen (secondary N) is 2. The van der Waals surface area contributed by atoms with Crippen molar-refractivity contribution >= 4 is 11.8 Å². The number of aryl methyl sites for hydroxylation is 1. The summed E-state index contributed by atoms with van der Waals surface area (Å²) in [5.74, 6) is -0.377. The molecule has 0 aliphatic carbocycles. The van der Waals surface area contributed by atoms with Gasteiger partial charge in [-0.05, 0) is 0 Å². The van der Waals surface area contributed by atoms with Gasteiger partial charge in [-0.3, -0.25) is 9.59 Å². The van der Waals surface area contributed by atoms with Crippen LogP contribution in [0.15, 0.2) is 4.52 Å². The number of aromatic nitrogens is 2. The quantitative estimate of drug-likeness (QED) is 0.617. The summed E-state index contributed by atoms with van der Waals surface area (Å²) in [6.45, 7) is 4.27. The average Bonchev–Trinajstić information content (AvgIpc) is 2.82. The third-order valence-corrected chi connectivity index (χ3v) is 2.58. The second kappa shape index (κ2) is 5.58. The minimum atomic E-state index is -0.639. The molecule has 0 aromatic carbocycles. The van der Waals surface area contributed by atoms with E-state index in [9.17, 15) is 9.59 Å². The van der Waals surface area contributed by atoms with Crippen LogP contribution in [0.5, 0.6) is 0 Å². The zero-order valence-electron chi connectivity index (χ0n) is 10.1. The van der Waals surface area contributed by atoms with Gasteiger partial charge in [0.15, 0.2) is 5.82 Å². The van der Waals surface area contributed by atoms with E-state index in [1.165, 1.54) is 4.90 Å². The molecule has 98 valence electrons. The van der Waals surface area contributed by atoms with E-state index >= 15 is 0 Å². The summed E-state index contributed by atoms with van der Waals surface area (Å²) in [6.07, 6.45) is 0. The molecule has 8 nitrogen and oxygen atoms in total. The van der Waals surface area contributed by atoms with Crippen molar-refractivity contribution in [3.63, 3.8) is 0 Å². The van der Waals surface area contributed by atoms with Crippen molar-refractivity contribution in [2.75, 3.05) is 26.2 Å². The van der Waals surface area contributed by atoms with E-state index in [0.717, 1.165) is 0 Å². The Morgan fingerprint density at radius 3 is 2.78 bits per heavy atom. The van der Waals surface area contributed by atoms with Crippen molar-refractivity contribution in [3.05, 3.63) is 11.7 Å². The topological polar surface area (TPSA) is 100 Å². The maximum absolute atomic E-state index is 11.7. The maximum Gasteiger partial charge on any atom is 0.311 e. The zero-order valence-corrected chi connectivity index (χ0v) is 10.1. The minimum absolute atomic E-state index is 0.0913. The molecule has 0 spiro atoms. The Labute approximate surface area is 104 Å². The molecule has 2 amide bonds. The third-order valence-electron chi connectivity index (χ3n) is 2.58. The highest BCUT2D eigenvalue weighted by Crippen LogP contribution is 1.96. The van der Waals surface area contributed by atoms with E-state index in [2.05, 4.69) is 20.8 Å². The average molecular weight is 253 g/mol. The predicted octanol–water partition coefficient (Wildman–Crippen LogP) is -1.57. The number of piperazine rings is 1. The molecule has 0 saturated carbocycles. The van der Waals surface area contributed by atoms with Gasteiger partial charge >= 0.3 is 11.8 Å². The Morgan fingerprint density at radius 1 is 1.44 bits per heavy atom. The van der Waals surface area contributed by atoms with Gasteiger partial charge in [0.05, 0.1) is 6.54 Å². The van der Waals surface area contributed by atoms with Gasteiger partial charge in [0.25, 0.3) is 0 Å². The lowest BCUT2D eigenvalue weighted by atomic mass is 10.3. The van der Waals surface area contributed by atoms with Crippen LogP contribution >= 0.6 is 0 Å². The van der Waals surface area contributed by atoms with E-state index in [0.29, 0.717) is 37.9 Å². The fourth-order valence-corrected chi connectivity index (χ4v) is 1.66. The van der Waals surface area contributed by atoms with Crippen molar-refractivity contribution in [3.8, 4) is 0 Å². The zero-order chi connectivity index (χ0) is 13.0. The second-order valence-corrected chi connectivity index (χ2v) is 3.95. The van der Waals surface area contributed by atoms with E-state index in [1.807, 2.05) is 0 Å². The molecule has 0 radical (unpaired) electrons. The first kappa shape index (κ1) is 12.5. The van der Waals surface area contributed by atoms with Crippen LogP contribution in [-0.2, 0) is 16.1 Å².